The Morgan fingerprint density at radius 2 is 1.88 bits per heavy atom. The van der Waals surface area contributed by atoms with Crippen LogP contribution < -0.4 is 4.74 Å². The second-order valence-corrected chi connectivity index (χ2v) is 5.68. The molecule has 0 aromatic heterocycles. The molecule has 1 atom stereocenters. The van der Waals surface area contributed by atoms with Crippen LogP contribution in [0, 0.1) is 0 Å². The first-order chi connectivity index (χ1) is 12.0. The number of methoxy groups -OCH3 is 1. The first kappa shape index (κ1) is 16.6. The van der Waals surface area contributed by atoms with E-state index in [9.17, 15) is 15.0 Å². The number of rotatable bonds is 4. The number of carbonyl (C=O) groups is 1. The van der Waals surface area contributed by atoms with Crippen LogP contribution in [0.3, 0.4) is 0 Å². The first-order valence-electron chi connectivity index (χ1n) is 7.80. The van der Waals surface area contributed by atoms with Gasteiger partial charge in [0.25, 0.3) is 0 Å². The molecule has 1 aliphatic rings. The summed E-state index contributed by atoms with van der Waals surface area (Å²) in [6.07, 6.45) is 4.82. The zero-order valence-electron chi connectivity index (χ0n) is 13.7. The van der Waals surface area contributed by atoms with Crippen molar-refractivity contribution in [2.45, 2.75) is 12.5 Å². The third-order valence-electron chi connectivity index (χ3n) is 3.88. The molecule has 1 aliphatic heterocycles. The molecule has 1 heterocycles. The molecule has 0 spiro atoms. The number of ketones is 1. The zero-order valence-corrected chi connectivity index (χ0v) is 13.7. The van der Waals surface area contributed by atoms with Crippen LogP contribution in [0.25, 0.3) is 6.08 Å². The average molecular weight is 338 g/mol. The van der Waals surface area contributed by atoms with E-state index in [1.54, 1.807) is 54.6 Å². The lowest BCUT2D eigenvalue weighted by atomic mass is 10.0. The summed E-state index contributed by atoms with van der Waals surface area (Å²) in [6, 6.07) is 11.6. The van der Waals surface area contributed by atoms with Gasteiger partial charge in [0, 0.05) is 6.08 Å². The Morgan fingerprint density at radius 3 is 2.60 bits per heavy atom. The van der Waals surface area contributed by atoms with Crippen LogP contribution in [-0.2, 0) is 9.53 Å². The third kappa shape index (κ3) is 4.01. The molecule has 0 amide bonds. The molecule has 2 aromatic rings. The average Bonchev–Trinajstić information content (AvgIpc) is 2.61. The van der Waals surface area contributed by atoms with Crippen molar-refractivity contribution in [3.8, 4) is 17.2 Å². The number of hydrogen-bond donors (Lipinski definition) is 2. The van der Waals surface area contributed by atoms with Gasteiger partial charge in [-0.1, -0.05) is 24.3 Å². The van der Waals surface area contributed by atoms with Gasteiger partial charge in [-0.3, -0.25) is 4.79 Å². The standard InChI is InChI=1S/C20H18O5/c1-24-20-10-13(3-9-18(20)23)2-8-17-11-16(22)12-19(25-17)14-4-6-15(21)7-5-14/h2-11,19,21,23H,12H2,1H3. The van der Waals surface area contributed by atoms with E-state index in [-0.39, 0.29) is 29.8 Å². The Kier molecular flexibility index (Phi) is 4.75. The number of ether oxygens (including phenoxy) is 2. The van der Waals surface area contributed by atoms with Crippen molar-refractivity contribution in [1.82, 2.24) is 0 Å². The number of benzene rings is 2. The van der Waals surface area contributed by atoms with Crippen LogP contribution in [0.1, 0.15) is 23.7 Å². The fraction of sp³-hybridized carbons (Fsp3) is 0.150. The number of phenolic OH excluding ortho intramolecular Hbond substituents is 2. The predicted octanol–water partition coefficient (Wildman–Crippen LogP) is 3.73. The minimum atomic E-state index is -0.382. The lowest BCUT2D eigenvalue weighted by molar-refractivity contribution is -0.118. The highest BCUT2D eigenvalue weighted by atomic mass is 16.5. The van der Waals surface area contributed by atoms with Gasteiger partial charge in [-0.25, -0.2) is 0 Å². The number of hydrogen-bond acceptors (Lipinski definition) is 5. The van der Waals surface area contributed by atoms with Crippen molar-refractivity contribution in [3.63, 3.8) is 0 Å². The maximum absolute atomic E-state index is 12.0. The minimum absolute atomic E-state index is 0.0211. The van der Waals surface area contributed by atoms with Crippen molar-refractivity contribution in [2.75, 3.05) is 7.11 Å². The zero-order chi connectivity index (χ0) is 17.8. The maximum Gasteiger partial charge on any atom is 0.163 e. The highest BCUT2D eigenvalue weighted by Crippen LogP contribution is 2.31. The molecule has 0 fully saturated rings. The Hall–Kier alpha value is -3.21. The molecule has 25 heavy (non-hydrogen) atoms. The minimum Gasteiger partial charge on any atom is -0.508 e. The fourth-order valence-corrected chi connectivity index (χ4v) is 2.58. The highest BCUT2D eigenvalue weighted by Gasteiger charge is 2.22. The molecule has 0 saturated heterocycles. The Labute approximate surface area is 145 Å². The molecule has 0 aliphatic carbocycles. The van der Waals surface area contributed by atoms with Crippen molar-refractivity contribution in [1.29, 1.82) is 0 Å². The van der Waals surface area contributed by atoms with E-state index in [1.807, 2.05) is 0 Å². The quantitative estimate of drug-likeness (QED) is 0.888. The van der Waals surface area contributed by atoms with E-state index in [4.69, 9.17) is 9.47 Å². The summed E-state index contributed by atoms with van der Waals surface area (Å²) in [5.41, 5.74) is 1.63. The van der Waals surface area contributed by atoms with Crippen LogP contribution in [-0.4, -0.2) is 23.1 Å². The highest BCUT2D eigenvalue weighted by molar-refractivity contribution is 5.91. The molecular formula is C20H18O5. The number of phenols is 2. The largest absolute Gasteiger partial charge is 0.508 e. The molecule has 0 saturated carbocycles. The van der Waals surface area contributed by atoms with Crippen molar-refractivity contribution in [2.24, 2.45) is 0 Å². The normalized spacial score (nSPS) is 17.2. The summed E-state index contributed by atoms with van der Waals surface area (Å²) in [5.74, 6) is 1.05. The lowest BCUT2D eigenvalue weighted by Crippen LogP contribution is -2.14. The van der Waals surface area contributed by atoms with Crippen molar-refractivity contribution >= 4 is 11.9 Å². The van der Waals surface area contributed by atoms with Gasteiger partial charge in [0.05, 0.1) is 13.5 Å². The molecule has 1 unspecified atom stereocenters. The summed E-state index contributed by atoms with van der Waals surface area (Å²) >= 11 is 0. The predicted molar refractivity (Wildman–Crippen MR) is 93.3 cm³/mol. The van der Waals surface area contributed by atoms with E-state index in [2.05, 4.69) is 0 Å². The van der Waals surface area contributed by atoms with Gasteiger partial charge < -0.3 is 19.7 Å². The molecular weight excluding hydrogens is 320 g/mol. The number of allylic oxidation sites excluding steroid dienone is 2. The van der Waals surface area contributed by atoms with Crippen LogP contribution in [0.15, 0.2) is 60.4 Å². The monoisotopic (exact) mass is 338 g/mol. The van der Waals surface area contributed by atoms with Crippen LogP contribution in [0.5, 0.6) is 17.2 Å². The molecule has 2 N–H and O–H groups in total. The van der Waals surface area contributed by atoms with Gasteiger partial charge in [-0.05, 0) is 41.5 Å². The Bertz CT molecular complexity index is 834. The second-order valence-electron chi connectivity index (χ2n) is 5.68. The van der Waals surface area contributed by atoms with E-state index in [0.29, 0.717) is 11.5 Å². The van der Waals surface area contributed by atoms with Gasteiger partial charge in [0.1, 0.15) is 17.6 Å². The summed E-state index contributed by atoms with van der Waals surface area (Å²) in [4.78, 5) is 12.0. The van der Waals surface area contributed by atoms with E-state index in [0.717, 1.165) is 11.1 Å². The van der Waals surface area contributed by atoms with Crippen LogP contribution in [0.2, 0.25) is 0 Å². The van der Waals surface area contributed by atoms with Crippen molar-refractivity contribution < 1.29 is 24.5 Å². The summed E-state index contributed by atoms with van der Waals surface area (Å²) in [6.45, 7) is 0. The van der Waals surface area contributed by atoms with Gasteiger partial charge >= 0.3 is 0 Å². The molecule has 0 radical (unpaired) electrons. The molecule has 5 nitrogen and oxygen atoms in total. The molecule has 3 rings (SSSR count). The summed E-state index contributed by atoms with van der Waals surface area (Å²) in [7, 11) is 1.48. The SMILES string of the molecule is COc1cc(C=CC2=CC(=O)CC(c3ccc(O)cc3)O2)ccc1O. The van der Waals surface area contributed by atoms with Crippen LogP contribution in [0.4, 0.5) is 0 Å². The molecule has 2 aromatic carbocycles. The smallest absolute Gasteiger partial charge is 0.163 e. The summed E-state index contributed by atoms with van der Waals surface area (Å²) in [5, 5.41) is 19.0. The fourth-order valence-electron chi connectivity index (χ4n) is 2.58. The van der Waals surface area contributed by atoms with Crippen LogP contribution >= 0.6 is 0 Å². The van der Waals surface area contributed by atoms with Gasteiger partial charge in [0.15, 0.2) is 17.3 Å². The second kappa shape index (κ2) is 7.13. The van der Waals surface area contributed by atoms with E-state index < -0.39 is 0 Å². The van der Waals surface area contributed by atoms with E-state index >= 15 is 0 Å². The maximum atomic E-state index is 12.0. The number of carbonyl (C=O) groups excluding carboxylic acids is 1. The lowest BCUT2D eigenvalue weighted by Gasteiger charge is -2.23. The molecule has 128 valence electrons. The Balaban J connectivity index is 1.77. The molecule has 0 bridgehead atoms. The van der Waals surface area contributed by atoms with Gasteiger partial charge in [-0.15, -0.1) is 0 Å². The Morgan fingerprint density at radius 1 is 1.12 bits per heavy atom. The van der Waals surface area contributed by atoms with E-state index in [1.165, 1.54) is 13.2 Å². The topological polar surface area (TPSA) is 76.0 Å². The first-order valence-corrected chi connectivity index (χ1v) is 7.80. The summed E-state index contributed by atoms with van der Waals surface area (Å²) < 4.78 is 11.0. The van der Waals surface area contributed by atoms with Gasteiger partial charge in [0.2, 0.25) is 0 Å². The van der Waals surface area contributed by atoms with Crippen molar-refractivity contribution in [3.05, 3.63) is 71.5 Å². The molecule has 5 heteroatoms. The number of aromatic hydroxyl groups is 2. The van der Waals surface area contributed by atoms with Gasteiger partial charge in [-0.2, -0.15) is 0 Å². The third-order valence-corrected chi connectivity index (χ3v) is 3.88.